The molecular weight excluding hydrogens is 444 g/mol. The fraction of sp³-hybridized carbons (Fsp3) is 0.300. The number of aromatic nitrogens is 2. The van der Waals surface area contributed by atoms with Gasteiger partial charge in [0.25, 0.3) is 5.56 Å². The molecular formula is C20H21ClN4O5S. The molecule has 1 fully saturated rings. The summed E-state index contributed by atoms with van der Waals surface area (Å²) in [6.07, 6.45) is 8.47. The molecule has 1 aliphatic rings. The van der Waals surface area contributed by atoms with Gasteiger partial charge >= 0.3 is 5.97 Å². The number of fused-ring (bicyclic) bond motifs is 3. The summed E-state index contributed by atoms with van der Waals surface area (Å²) >= 11 is 0. The lowest BCUT2D eigenvalue weighted by Crippen LogP contribution is -2.41. The van der Waals surface area contributed by atoms with E-state index in [1.165, 1.54) is 28.7 Å². The molecule has 0 aliphatic carbocycles. The topological polar surface area (TPSA) is 135 Å². The maximum absolute atomic E-state index is 13.3. The first-order valence-corrected chi connectivity index (χ1v) is 10.8. The van der Waals surface area contributed by atoms with E-state index in [0.29, 0.717) is 10.9 Å². The Morgan fingerprint density at radius 2 is 2.13 bits per heavy atom. The highest BCUT2D eigenvalue weighted by Gasteiger charge is 2.28. The third-order valence-corrected chi connectivity index (χ3v) is 7.15. The van der Waals surface area contributed by atoms with Gasteiger partial charge < -0.3 is 20.4 Å². The number of H-pyrrole nitrogens is 2. The van der Waals surface area contributed by atoms with Crippen LogP contribution in [0.5, 0.6) is 0 Å². The molecule has 0 radical (unpaired) electrons. The van der Waals surface area contributed by atoms with Crippen molar-refractivity contribution in [3.8, 4) is 12.3 Å². The lowest BCUT2D eigenvalue weighted by atomic mass is 10.1. The monoisotopic (exact) mass is 464 g/mol. The van der Waals surface area contributed by atoms with Gasteiger partial charge in [-0.15, -0.1) is 18.8 Å². The summed E-state index contributed by atoms with van der Waals surface area (Å²) in [5.41, 5.74) is -0.173. The van der Waals surface area contributed by atoms with Gasteiger partial charge in [0, 0.05) is 35.1 Å². The zero-order valence-corrected chi connectivity index (χ0v) is 18.0. The molecule has 3 heterocycles. The molecule has 1 aromatic carbocycles. The van der Waals surface area contributed by atoms with Crippen LogP contribution < -0.4 is 10.9 Å². The van der Waals surface area contributed by atoms with Gasteiger partial charge in [0.1, 0.15) is 5.52 Å². The number of carbonyl (C=O) groups is 1. The van der Waals surface area contributed by atoms with Crippen LogP contribution in [0, 0.1) is 12.3 Å². The molecule has 1 saturated heterocycles. The lowest BCUT2D eigenvalue weighted by molar-refractivity contribution is 0.0699. The van der Waals surface area contributed by atoms with Crippen molar-refractivity contribution in [2.75, 3.05) is 19.6 Å². The number of carboxylic acids is 1. The number of rotatable bonds is 6. The highest BCUT2D eigenvalue weighted by molar-refractivity contribution is 7.89. The molecule has 31 heavy (non-hydrogen) atoms. The molecule has 11 heteroatoms. The number of nitrogens with zero attached hydrogens (tertiary/aromatic N) is 1. The standard InChI is InChI=1S/C20H20N4O5S.ClH/c1-2-8-24(11-12-4-3-7-21-12)30(28,29)13-5-6-16-14(9-13)17-15(20(26)27)10-22-18(17)19(25)23-16;/h1,5-6,9-10,12,21-22H,3-4,7-8,11H2,(H,23,25)(H,26,27);1H/t12-;/m0./s1. The van der Waals surface area contributed by atoms with Gasteiger partial charge in [-0.1, -0.05) is 5.92 Å². The van der Waals surface area contributed by atoms with Crippen LogP contribution in [0.1, 0.15) is 23.2 Å². The van der Waals surface area contributed by atoms with Crippen molar-refractivity contribution in [2.45, 2.75) is 23.8 Å². The maximum Gasteiger partial charge on any atom is 0.337 e. The normalized spacial score (nSPS) is 16.5. The second-order valence-electron chi connectivity index (χ2n) is 7.21. The summed E-state index contributed by atoms with van der Waals surface area (Å²) in [6, 6.07) is 4.26. The Bertz CT molecular complexity index is 1350. The van der Waals surface area contributed by atoms with E-state index in [1.54, 1.807) is 0 Å². The van der Waals surface area contributed by atoms with Crippen LogP contribution in [-0.4, -0.2) is 59.4 Å². The van der Waals surface area contributed by atoms with Crippen molar-refractivity contribution in [2.24, 2.45) is 0 Å². The molecule has 4 rings (SSSR count). The van der Waals surface area contributed by atoms with E-state index in [0.717, 1.165) is 19.4 Å². The largest absolute Gasteiger partial charge is 0.478 e. The Labute approximate surface area is 184 Å². The molecule has 2 aromatic heterocycles. The zero-order chi connectivity index (χ0) is 21.5. The Balaban J connectivity index is 0.00000272. The molecule has 9 nitrogen and oxygen atoms in total. The maximum atomic E-state index is 13.3. The molecule has 0 spiro atoms. The molecule has 164 valence electrons. The fourth-order valence-electron chi connectivity index (χ4n) is 3.89. The summed E-state index contributed by atoms with van der Waals surface area (Å²) in [5.74, 6) is 1.18. The van der Waals surface area contributed by atoms with Gasteiger partial charge in [0.2, 0.25) is 10.0 Å². The van der Waals surface area contributed by atoms with E-state index < -0.39 is 21.6 Å². The van der Waals surface area contributed by atoms with Crippen LogP contribution in [0.25, 0.3) is 21.8 Å². The number of terminal acetylenes is 1. The molecule has 0 amide bonds. The number of hydrogen-bond donors (Lipinski definition) is 4. The first kappa shape index (κ1) is 22.8. The van der Waals surface area contributed by atoms with Crippen molar-refractivity contribution in [3.63, 3.8) is 0 Å². The predicted molar refractivity (Wildman–Crippen MR) is 119 cm³/mol. The zero-order valence-electron chi connectivity index (χ0n) is 16.3. The molecule has 1 atom stereocenters. The molecule has 1 aliphatic heterocycles. The second kappa shape index (κ2) is 8.72. The smallest absolute Gasteiger partial charge is 0.337 e. The third kappa shape index (κ3) is 4.05. The minimum absolute atomic E-state index is 0. The summed E-state index contributed by atoms with van der Waals surface area (Å²) in [4.78, 5) is 29.2. The van der Waals surface area contributed by atoms with Crippen molar-refractivity contribution < 1.29 is 18.3 Å². The molecule has 4 N–H and O–H groups in total. The van der Waals surface area contributed by atoms with E-state index >= 15 is 0 Å². The van der Waals surface area contributed by atoms with E-state index in [2.05, 4.69) is 21.2 Å². The molecule has 0 bridgehead atoms. The summed E-state index contributed by atoms with van der Waals surface area (Å²) in [7, 11) is -3.94. The number of sulfonamides is 1. The number of pyridine rings is 1. The number of aromatic amines is 2. The minimum atomic E-state index is -3.94. The van der Waals surface area contributed by atoms with Crippen LogP contribution in [0.3, 0.4) is 0 Å². The third-order valence-electron chi connectivity index (χ3n) is 5.34. The Hall–Kier alpha value is -2.84. The van der Waals surface area contributed by atoms with Gasteiger partial charge in [-0.2, -0.15) is 4.31 Å². The predicted octanol–water partition coefficient (Wildman–Crippen LogP) is 1.51. The Kier molecular flexibility index (Phi) is 6.43. The summed E-state index contributed by atoms with van der Waals surface area (Å²) in [5, 5.41) is 13.2. The van der Waals surface area contributed by atoms with Gasteiger partial charge in [0.15, 0.2) is 0 Å². The molecule has 0 saturated carbocycles. The van der Waals surface area contributed by atoms with Gasteiger partial charge in [-0.25, -0.2) is 13.2 Å². The van der Waals surface area contributed by atoms with E-state index in [1.807, 2.05) is 0 Å². The Morgan fingerprint density at radius 1 is 1.35 bits per heavy atom. The van der Waals surface area contributed by atoms with Crippen molar-refractivity contribution in [3.05, 3.63) is 40.3 Å². The SMILES string of the molecule is C#CCN(C[C@@H]1CCCN1)S(=O)(=O)c1ccc2[nH]c(=O)c3[nH]cc(C(=O)O)c3c2c1.Cl. The van der Waals surface area contributed by atoms with E-state index in [-0.39, 0.29) is 52.9 Å². The molecule has 3 aromatic rings. The van der Waals surface area contributed by atoms with Gasteiger partial charge in [-0.3, -0.25) is 4.79 Å². The van der Waals surface area contributed by atoms with Gasteiger partial charge in [-0.05, 0) is 37.6 Å². The number of hydrogen-bond acceptors (Lipinski definition) is 5. The van der Waals surface area contributed by atoms with Crippen LogP contribution in [0.15, 0.2) is 34.1 Å². The van der Waals surface area contributed by atoms with Crippen LogP contribution >= 0.6 is 12.4 Å². The van der Waals surface area contributed by atoms with Gasteiger partial charge in [0.05, 0.1) is 17.0 Å². The lowest BCUT2D eigenvalue weighted by Gasteiger charge is -2.23. The Morgan fingerprint density at radius 3 is 2.77 bits per heavy atom. The first-order valence-electron chi connectivity index (χ1n) is 9.40. The summed E-state index contributed by atoms with van der Waals surface area (Å²) in [6.45, 7) is 1.00. The number of carboxylic acid groups (broad SMARTS) is 1. The van der Waals surface area contributed by atoms with Crippen molar-refractivity contribution in [1.29, 1.82) is 0 Å². The number of aromatic carboxylic acids is 1. The fourth-order valence-corrected chi connectivity index (χ4v) is 5.32. The number of halogens is 1. The van der Waals surface area contributed by atoms with Crippen LogP contribution in [-0.2, 0) is 10.0 Å². The van der Waals surface area contributed by atoms with Crippen LogP contribution in [0.2, 0.25) is 0 Å². The van der Waals surface area contributed by atoms with Crippen molar-refractivity contribution in [1.82, 2.24) is 19.6 Å². The first-order chi connectivity index (χ1) is 14.3. The molecule has 0 unspecified atom stereocenters. The van der Waals surface area contributed by atoms with Crippen molar-refractivity contribution >= 4 is 50.2 Å². The summed E-state index contributed by atoms with van der Waals surface area (Å²) < 4.78 is 27.9. The quantitative estimate of drug-likeness (QED) is 0.408. The average Bonchev–Trinajstić information content (AvgIpc) is 3.37. The van der Waals surface area contributed by atoms with E-state index in [4.69, 9.17) is 6.42 Å². The second-order valence-corrected chi connectivity index (χ2v) is 9.15. The number of benzene rings is 1. The van der Waals surface area contributed by atoms with E-state index in [9.17, 15) is 23.1 Å². The minimum Gasteiger partial charge on any atom is -0.478 e. The van der Waals surface area contributed by atoms with Crippen LogP contribution in [0.4, 0.5) is 0 Å². The highest BCUT2D eigenvalue weighted by atomic mass is 35.5. The highest BCUT2D eigenvalue weighted by Crippen LogP contribution is 2.28. The average molecular weight is 465 g/mol. The number of nitrogens with one attached hydrogen (secondary N) is 3.